The fraction of sp³-hybridized carbons (Fsp3) is 0.222. The highest BCUT2D eigenvalue weighted by Gasteiger charge is 2.31. The molecule has 0 saturated heterocycles. The Hall–Kier alpha value is -0.950. The van der Waals surface area contributed by atoms with Crippen LogP contribution in [0.5, 0.6) is 5.75 Å². The van der Waals surface area contributed by atoms with E-state index in [9.17, 15) is 13.2 Å². The van der Waals surface area contributed by atoms with Gasteiger partial charge in [-0.1, -0.05) is 0 Å². The van der Waals surface area contributed by atoms with Crippen molar-refractivity contribution in [2.24, 2.45) is 10.7 Å². The number of aliphatic imine (C=N–C) groups is 1. The number of nitrogens with zero attached hydrogens (tertiary/aromatic N) is 1. The molecule has 0 aromatic heterocycles. The average molecular weight is 332 g/mol. The lowest BCUT2D eigenvalue weighted by atomic mass is 10.3. The van der Waals surface area contributed by atoms with Crippen LogP contribution in [-0.2, 0) is 0 Å². The molecule has 17 heavy (non-hydrogen) atoms. The van der Waals surface area contributed by atoms with Crippen LogP contribution in [0.1, 0.15) is 0 Å². The maximum Gasteiger partial charge on any atom is 0.573 e. The van der Waals surface area contributed by atoms with Gasteiger partial charge in [-0.3, -0.25) is 0 Å². The summed E-state index contributed by atoms with van der Waals surface area (Å²) in [4.78, 5) is 3.87. The molecule has 94 valence electrons. The third-order valence-electron chi connectivity index (χ3n) is 1.55. The van der Waals surface area contributed by atoms with Crippen molar-refractivity contribution in [1.29, 1.82) is 0 Å². The summed E-state index contributed by atoms with van der Waals surface area (Å²) >= 11 is 8.36. The van der Waals surface area contributed by atoms with E-state index in [2.05, 4.69) is 25.7 Å². The molecular weight excluding hydrogens is 324 g/mol. The molecule has 0 aliphatic carbocycles. The van der Waals surface area contributed by atoms with Crippen molar-refractivity contribution in [1.82, 2.24) is 0 Å². The van der Waals surface area contributed by atoms with Gasteiger partial charge in [0.1, 0.15) is 11.6 Å². The van der Waals surface area contributed by atoms with E-state index in [-0.39, 0.29) is 21.9 Å². The largest absolute Gasteiger partial charge is 0.573 e. The van der Waals surface area contributed by atoms with E-state index in [4.69, 9.17) is 17.3 Å². The number of ether oxygens (including phenoxy) is 1. The van der Waals surface area contributed by atoms with Gasteiger partial charge < -0.3 is 10.5 Å². The van der Waals surface area contributed by atoms with Gasteiger partial charge in [-0.05, 0) is 34.1 Å². The molecule has 0 unspecified atom stereocenters. The Bertz CT molecular complexity index is 437. The van der Waals surface area contributed by atoms with Gasteiger partial charge in [0.2, 0.25) is 0 Å². The number of benzene rings is 1. The predicted octanol–water partition coefficient (Wildman–Crippen LogP) is 3.58. The van der Waals surface area contributed by atoms with Gasteiger partial charge in [0.25, 0.3) is 0 Å². The summed E-state index contributed by atoms with van der Waals surface area (Å²) in [6, 6.07) is 3.82. The summed E-state index contributed by atoms with van der Waals surface area (Å²) in [6.07, 6.45) is -4.73. The smallest absolute Gasteiger partial charge is 0.405 e. The van der Waals surface area contributed by atoms with E-state index < -0.39 is 6.36 Å². The topological polar surface area (TPSA) is 47.6 Å². The number of hydrogen-bond acceptors (Lipinski definition) is 2. The number of halogens is 5. The summed E-state index contributed by atoms with van der Waals surface area (Å²) in [5.41, 5.74) is 5.77. The van der Waals surface area contributed by atoms with E-state index in [1.807, 2.05) is 0 Å². The zero-order chi connectivity index (χ0) is 13.1. The maximum absolute atomic E-state index is 12.0. The van der Waals surface area contributed by atoms with E-state index in [1.165, 1.54) is 12.1 Å². The monoisotopic (exact) mass is 330 g/mol. The Morgan fingerprint density at radius 1 is 1.47 bits per heavy atom. The lowest BCUT2D eigenvalue weighted by Gasteiger charge is -2.10. The number of alkyl halides is 4. The van der Waals surface area contributed by atoms with Crippen molar-refractivity contribution in [2.45, 2.75) is 6.36 Å². The van der Waals surface area contributed by atoms with Crippen molar-refractivity contribution in [3.8, 4) is 5.75 Å². The molecule has 0 fully saturated rings. The SMILES string of the molecule is NC(CCl)=Nc1ccc(OC(F)(F)F)c(Br)c1. The first-order valence-corrected chi connectivity index (χ1v) is 5.59. The highest BCUT2D eigenvalue weighted by Crippen LogP contribution is 2.33. The van der Waals surface area contributed by atoms with Crippen molar-refractivity contribution < 1.29 is 17.9 Å². The molecule has 0 bridgehead atoms. The lowest BCUT2D eigenvalue weighted by molar-refractivity contribution is -0.274. The highest BCUT2D eigenvalue weighted by molar-refractivity contribution is 9.10. The third kappa shape index (κ3) is 4.82. The summed E-state index contributed by atoms with van der Waals surface area (Å²) in [6.45, 7) is 0. The molecule has 8 heteroatoms. The van der Waals surface area contributed by atoms with Gasteiger partial charge in [-0.2, -0.15) is 0 Å². The molecular formula is C9H7BrClF3N2O. The van der Waals surface area contributed by atoms with Gasteiger partial charge in [-0.15, -0.1) is 24.8 Å². The molecule has 1 aromatic rings. The summed E-state index contributed by atoms with van der Waals surface area (Å²) < 4.78 is 39.8. The fourth-order valence-electron chi connectivity index (χ4n) is 0.962. The second-order valence-corrected chi connectivity index (χ2v) is 4.02. The van der Waals surface area contributed by atoms with Crippen LogP contribution in [0.4, 0.5) is 18.9 Å². The number of hydrogen-bond donors (Lipinski definition) is 1. The molecule has 0 saturated carbocycles. The highest BCUT2D eigenvalue weighted by atomic mass is 79.9. The summed E-state index contributed by atoms with van der Waals surface area (Å²) in [5.74, 6) is -0.137. The zero-order valence-corrected chi connectivity index (χ0v) is 10.6. The number of rotatable bonds is 3. The Morgan fingerprint density at radius 3 is 2.59 bits per heavy atom. The van der Waals surface area contributed by atoms with E-state index in [0.717, 1.165) is 6.07 Å². The number of nitrogens with two attached hydrogens (primary N) is 1. The Kier molecular flexibility index (Phi) is 4.64. The van der Waals surface area contributed by atoms with Crippen LogP contribution in [0.15, 0.2) is 27.7 Å². The maximum atomic E-state index is 12.0. The molecule has 0 radical (unpaired) electrons. The third-order valence-corrected chi connectivity index (χ3v) is 2.44. The Labute approximate surface area is 109 Å². The molecule has 3 nitrogen and oxygen atoms in total. The van der Waals surface area contributed by atoms with Crippen LogP contribution >= 0.6 is 27.5 Å². The molecule has 1 rings (SSSR count). The van der Waals surface area contributed by atoms with Crippen LogP contribution in [0, 0.1) is 0 Å². The van der Waals surface area contributed by atoms with Crippen molar-refractivity contribution in [2.75, 3.05) is 5.88 Å². The minimum absolute atomic E-state index is 0.0401. The van der Waals surface area contributed by atoms with Crippen LogP contribution in [0.3, 0.4) is 0 Å². The fourth-order valence-corrected chi connectivity index (χ4v) is 1.47. The molecule has 1 aromatic carbocycles. The first kappa shape index (κ1) is 14.1. The first-order valence-electron chi connectivity index (χ1n) is 4.26. The molecule has 2 N–H and O–H groups in total. The van der Waals surface area contributed by atoms with Gasteiger partial charge in [0.05, 0.1) is 16.0 Å². The quantitative estimate of drug-likeness (QED) is 0.523. The predicted molar refractivity (Wildman–Crippen MR) is 62.8 cm³/mol. The molecule has 0 aliphatic rings. The molecule has 0 heterocycles. The van der Waals surface area contributed by atoms with Gasteiger partial charge >= 0.3 is 6.36 Å². The number of amidine groups is 1. The van der Waals surface area contributed by atoms with E-state index in [0.29, 0.717) is 5.69 Å². The molecule has 0 spiro atoms. The summed E-state index contributed by atoms with van der Waals surface area (Å²) in [5, 5.41) is 0. The second kappa shape index (κ2) is 5.59. The normalized spacial score (nSPS) is 12.6. The summed E-state index contributed by atoms with van der Waals surface area (Å²) in [7, 11) is 0. The van der Waals surface area contributed by atoms with Crippen LogP contribution < -0.4 is 10.5 Å². The van der Waals surface area contributed by atoms with E-state index >= 15 is 0 Å². The lowest BCUT2D eigenvalue weighted by Crippen LogP contribution is -2.17. The standard InChI is InChI=1S/C9H7BrClF3N2O/c10-6-3-5(16-8(15)4-11)1-2-7(6)17-9(12,13)14/h1-3H,4H2,(H2,15,16). The van der Waals surface area contributed by atoms with Gasteiger partial charge in [0, 0.05) is 0 Å². The minimum Gasteiger partial charge on any atom is -0.405 e. The van der Waals surface area contributed by atoms with Crippen LogP contribution in [-0.4, -0.2) is 18.1 Å². The van der Waals surface area contributed by atoms with Gasteiger partial charge in [0.15, 0.2) is 0 Å². The van der Waals surface area contributed by atoms with Crippen LogP contribution in [0.25, 0.3) is 0 Å². The van der Waals surface area contributed by atoms with Gasteiger partial charge in [-0.25, -0.2) is 4.99 Å². The molecule has 0 aliphatic heterocycles. The minimum atomic E-state index is -4.73. The van der Waals surface area contributed by atoms with Crippen molar-refractivity contribution in [3.63, 3.8) is 0 Å². The van der Waals surface area contributed by atoms with Crippen molar-refractivity contribution >= 4 is 39.1 Å². The van der Waals surface area contributed by atoms with E-state index in [1.54, 1.807) is 0 Å². The van der Waals surface area contributed by atoms with Crippen molar-refractivity contribution in [3.05, 3.63) is 22.7 Å². The zero-order valence-electron chi connectivity index (χ0n) is 8.26. The average Bonchev–Trinajstić information content (AvgIpc) is 2.20. The van der Waals surface area contributed by atoms with Crippen LogP contribution in [0.2, 0.25) is 0 Å². The first-order chi connectivity index (χ1) is 7.81. The molecule has 0 amide bonds. The Balaban J connectivity index is 2.94. The Morgan fingerprint density at radius 2 is 2.12 bits per heavy atom. The second-order valence-electron chi connectivity index (χ2n) is 2.90. The molecule has 0 atom stereocenters.